The Kier molecular flexibility index (Phi) is 8.09. The highest BCUT2D eigenvalue weighted by Gasteiger charge is 2.26. The Morgan fingerprint density at radius 2 is 1.89 bits per heavy atom. The van der Waals surface area contributed by atoms with E-state index in [4.69, 9.17) is 10.5 Å². The van der Waals surface area contributed by atoms with E-state index in [0.717, 1.165) is 44.0 Å². The molecule has 186 valence electrons. The number of nitrogens with one attached hydrogen (secondary N) is 2. The van der Waals surface area contributed by atoms with Crippen molar-refractivity contribution in [3.8, 4) is 5.88 Å². The summed E-state index contributed by atoms with van der Waals surface area (Å²) in [4.78, 5) is 26.7. The third-order valence-corrected chi connectivity index (χ3v) is 6.59. The monoisotopic (exact) mass is 503 g/mol. The number of unbranched alkanes of at least 4 members (excludes halogenated alkanes) is 1. The fourth-order valence-electron chi connectivity index (χ4n) is 4.04. The number of primary amides is 1. The lowest BCUT2D eigenvalue weighted by Crippen LogP contribution is -2.30. The zero-order valence-electron chi connectivity index (χ0n) is 19.1. The molecule has 1 saturated heterocycles. The maximum Gasteiger partial charge on any atom is 0.319 e. The SMILES string of the molecule is NC(=O)c1c(OC(F)c2cc3ccccc3cc2F)nsc1NC(=O)NCCCCN1CCCC1. The number of nitrogens with zero attached hydrogens (tertiary/aromatic N) is 2. The van der Waals surface area contributed by atoms with Gasteiger partial charge in [-0.05, 0) is 79.8 Å². The van der Waals surface area contributed by atoms with Gasteiger partial charge in [0.05, 0.1) is 5.56 Å². The van der Waals surface area contributed by atoms with Crippen molar-refractivity contribution in [2.24, 2.45) is 5.73 Å². The van der Waals surface area contributed by atoms with Gasteiger partial charge in [-0.3, -0.25) is 10.1 Å². The van der Waals surface area contributed by atoms with Crippen LogP contribution < -0.4 is 21.1 Å². The number of rotatable bonds is 10. The molecule has 3 aromatic rings. The van der Waals surface area contributed by atoms with Crippen LogP contribution in [0, 0.1) is 5.82 Å². The second-order valence-electron chi connectivity index (χ2n) is 8.35. The van der Waals surface area contributed by atoms with Gasteiger partial charge < -0.3 is 20.7 Å². The van der Waals surface area contributed by atoms with Crippen molar-refractivity contribution < 1.29 is 23.1 Å². The molecule has 3 amide bonds. The molecular weight excluding hydrogens is 476 g/mol. The molecule has 4 rings (SSSR count). The highest BCUT2D eigenvalue weighted by molar-refractivity contribution is 7.11. The van der Waals surface area contributed by atoms with Crippen LogP contribution in [-0.2, 0) is 0 Å². The molecule has 0 saturated carbocycles. The molecule has 1 atom stereocenters. The van der Waals surface area contributed by atoms with Gasteiger partial charge in [0.2, 0.25) is 5.88 Å². The predicted molar refractivity (Wildman–Crippen MR) is 131 cm³/mol. The van der Waals surface area contributed by atoms with Gasteiger partial charge in [-0.25, -0.2) is 9.18 Å². The van der Waals surface area contributed by atoms with Crippen LogP contribution in [0.5, 0.6) is 5.88 Å². The van der Waals surface area contributed by atoms with E-state index in [2.05, 4.69) is 19.9 Å². The number of hydrogen-bond donors (Lipinski definition) is 3. The molecule has 0 aliphatic carbocycles. The normalized spacial score (nSPS) is 14.7. The van der Waals surface area contributed by atoms with Crippen LogP contribution in [0.1, 0.15) is 48.0 Å². The highest BCUT2D eigenvalue weighted by atomic mass is 32.1. The largest absolute Gasteiger partial charge is 0.437 e. The maximum absolute atomic E-state index is 14.9. The Morgan fingerprint density at radius 1 is 1.17 bits per heavy atom. The molecule has 0 radical (unpaired) electrons. The van der Waals surface area contributed by atoms with Crippen molar-refractivity contribution >= 4 is 39.2 Å². The van der Waals surface area contributed by atoms with Crippen LogP contribution in [-0.4, -0.2) is 47.4 Å². The molecule has 2 aromatic carbocycles. The second kappa shape index (κ2) is 11.4. The van der Waals surface area contributed by atoms with Gasteiger partial charge in [-0.2, -0.15) is 8.76 Å². The van der Waals surface area contributed by atoms with E-state index < -0.39 is 30.0 Å². The van der Waals surface area contributed by atoms with E-state index in [-0.39, 0.29) is 16.1 Å². The molecule has 8 nitrogen and oxygen atoms in total. The van der Waals surface area contributed by atoms with E-state index in [0.29, 0.717) is 17.3 Å². The first-order valence-electron chi connectivity index (χ1n) is 11.5. The van der Waals surface area contributed by atoms with Crippen LogP contribution in [0.4, 0.5) is 18.6 Å². The predicted octanol–water partition coefficient (Wildman–Crippen LogP) is 4.58. The molecule has 11 heteroatoms. The average Bonchev–Trinajstić information content (AvgIpc) is 3.48. The maximum atomic E-state index is 14.9. The van der Waals surface area contributed by atoms with Gasteiger partial charge in [-0.1, -0.05) is 24.3 Å². The van der Waals surface area contributed by atoms with E-state index in [1.807, 2.05) is 0 Å². The molecule has 1 fully saturated rings. The lowest BCUT2D eigenvalue weighted by molar-refractivity contribution is 0.0587. The molecule has 1 aliphatic heterocycles. The van der Waals surface area contributed by atoms with E-state index in [9.17, 15) is 18.4 Å². The number of carbonyl (C=O) groups is 2. The summed E-state index contributed by atoms with van der Waals surface area (Å²) in [6.45, 7) is 3.73. The summed E-state index contributed by atoms with van der Waals surface area (Å²) in [5.74, 6) is -2.17. The summed E-state index contributed by atoms with van der Waals surface area (Å²) in [5.41, 5.74) is 4.81. The van der Waals surface area contributed by atoms with Crippen molar-refractivity contribution in [3.63, 3.8) is 0 Å². The summed E-state index contributed by atoms with van der Waals surface area (Å²) < 4.78 is 38.5. The van der Waals surface area contributed by atoms with Gasteiger partial charge in [0.25, 0.3) is 12.3 Å². The minimum absolute atomic E-state index is 0.0215. The number of benzene rings is 2. The molecule has 4 N–H and O–H groups in total. The van der Waals surface area contributed by atoms with Crippen LogP contribution in [0.3, 0.4) is 0 Å². The molecule has 2 heterocycles. The number of alkyl halides is 1. The minimum atomic E-state index is -2.24. The Morgan fingerprint density at radius 3 is 2.60 bits per heavy atom. The van der Waals surface area contributed by atoms with E-state index >= 15 is 0 Å². The summed E-state index contributed by atoms with van der Waals surface area (Å²) in [6.07, 6.45) is 2.02. The van der Waals surface area contributed by atoms with Gasteiger partial charge >= 0.3 is 6.03 Å². The number of anilines is 1. The quantitative estimate of drug-likeness (QED) is 0.351. The molecule has 35 heavy (non-hydrogen) atoms. The number of amides is 3. The zero-order valence-corrected chi connectivity index (χ0v) is 19.9. The third kappa shape index (κ3) is 6.23. The van der Waals surface area contributed by atoms with E-state index in [1.54, 1.807) is 24.3 Å². The number of hydrogen-bond acceptors (Lipinski definition) is 6. The summed E-state index contributed by atoms with van der Waals surface area (Å²) in [6, 6.07) is 8.93. The lowest BCUT2D eigenvalue weighted by atomic mass is 10.1. The van der Waals surface area contributed by atoms with Crippen molar-refractivity contribution in [1.82, 2.24) is 14.6 Å². The van der Waals surface area contributed by atoms with Crippen molar-refractivity contribution in [2.75, 3.05) is 31.5 Å². The van der Waals surface area contributed by atoms with Gasteiger partial charge in [-0.15, -0.1) is 0 Å². The Hall–Kier alpha value is -3.31. The highest BCUT2D eigenvalue weighted by Crippen LogP contribution is 2.35. The van der Waals surface area contributed by atoms with Gasteiger partial charge in [0.15, 0.2) is 0 Å². The van der Waals surface area contributed by atoms with Crippen molar-refractivity contribution in [2.45, 2.75) is 32.0 Å². The third-order valence-electron chi connectivity index (χ3n) is 5.84. The van der Waals surface area contributed by atoms with Crippen LogP contribution in [0.2, 0.25) is 0 Å². The number of ether oxygens (including phenoxy) is 1. The van der Waals surface area contributed by atoms with Crippen molar-refractivity contribution in [3.05, 3.63) is 53.3 Å². The number of halogens is 2. The number of fused-ring (bicyclic) bond motifs is 1. The summed E-state index contributed by atoms with van der Waals surface area (Å²) in [7, 11) is 0. The fourth-order valence-corrected chi connectivity index (χ4v) is 4.77. The molecule has 0 bridgehead atoms. The lowest BCUT2D eigenvalue weighted by Gasteiger charge is -2.14. The molecule has 1 aliphatic rings. The standard InChI is InChI=1S/C24H27F2N5O3S/c25-18-14-16-8-2-1-7-15(16)13-17(18)20(26)34-22-19(21(27)32)23(35-30-22)29-24(33)28-9-3-4-10-31-11-5-6-12-31/h1-2,7-8,13-14,20H,3-6,9-12H2,(H2,27,32)(H2,28,29,33). The Bertz CT molecular complexity index is 1200. The molecule has 0 spiro atoms. The smallest absolute Gasteiger partial charge is 0.319 e. The van der Waals surface area contributed by atoms with Crippen molar-refractivity contribution in [1.29, 1.82) is 0 Å². The minimum Gasteiger partial charge on any atom is -0.437 e. The van der Waals surface area contributed by atoms with Crippen LogP contribution in [0.15, 0.2) is 36.4 Å². The number of nitrogens with two attached hydrogens (primary N) is 1. The van der Waals surface area contributed by atoms with Crippen LogP contribution in [0.25, 0.3) is 10.8 Å². The fraction of sp³-hybridized carbons (Fsp3) is 0.375. The number of carbonyl (C=O) groups excluding carboxylic acids is 2. The Labute approximate surface area is 205 Å². The molecular formula is C24H27F2N5O3S. The molecule has 1 aromatic heterocycles. The zero-order chi connectivity index (χ0) is 24.8. The summed E-state index contributed by atoms with van der Waals surface area (Å²) in [5, 5.41) is 6.49. The van der Waals surface area contributed by atoms with Gasteiger partial charge in [0, 0.05) is 6.54 Å². The number of urea groups is 1. The average molecular weight is 504 g/mol. The Balaban J connectivity index is 1.36. The second-order valence-corrected chi connectivity index (χ2v) is 9.12. The topological polar surface area (TPSA) is 110 Å². The summed E-state index contributed by atoms with van der Waals surface area (Å²) >= 11 is 0.722. The van der Waals surface area contributed by atoms with Gasteiger partial charge in [0.1, 0.15) is 16.4 Å². The van der Waals surface area contributed by atoms with E-state index in [1.165, 1.54) is 25.0 Å². The number of aromatic nitrogens is 1. The first kappa shape index (κ1) is 24.8. The number of likely N-dealkylation sites (tertiary alicyclic amines) is 1. The van der Waals surface area contributed by atoms with Crippen LogP contribution >= 0.6 is 11.5 Å². The molecule has 1 unspecified atom stereocenters. The first-order valence-corrected chi connectivity index (χ1v) is 12.3. The first-order chi connectivity index (χ1) is 16.9.